The summed E-state index contributed by atoms with van der Waals surface area (Å²) in [7, 11) is 1.61. The molecule has 3 aromatic rings. The number of hydrogen-bond donors (Lipinski definition) is 3. The maximum absolute atomic E-state index is 12.9. The van der Waals surface area contributed by atoms with Gasteiger partial charge in [0.2, 0.25) is 5.91 Å². The Balaban J connectivity index is 1.26. The third-order valence-corrected chi connectivity index (χ3v) is 6.80. The average molecular weight is 516 g/mol. The monoisotopic (exact) mass is 515 g/mol. The number of anilines is 4. The number of rotatable bonds is 7. The van der Waals surface area contributed by atoms with Crippen molar-refractivity contribution in [3.05, 3.63) is 76.9 Å². The molecule has 0 atom stereocenters. The summed E-state index contributed by atoms with van der Waals surface area (Å²) in [4.78, 5) is 29.4. The molecule has 1 fully saturated rings. The molecule has 3 aromatic carbocycles. The first-order valence-electron chi connectivity index (χ1n) is 12.9. The zero-order valence-corrected chi connectivity index (χ0v) is 22.9. The predicted molar refractivity (Wildman–Crippen MR) is 155 cm³/mol. The number of nitrogens with zero attached hydrogens (tertiary/aromatic N) is 2. The number of nitrogens with one attached hydrogen (secondary N) is 3. The van der Waals surface area contributed by atoms with E-state index in [1.54, 1.807) is 7.11 Å². The van der Waals surface area contributed by atoms with Crippen molar-refractivity contribution in [2.24, 2.45) is 0 Å². The van der Waals surface area contributed by atoms with Gasteiger partial charge >= 0.3 is 6.03 Å². The minimum absolute atomic E-state index is 0.0993. The number of piperazine rings is 1. The van der Waals surface area contributed by atoms with Crippen molar-refractivity contribution in [1.82, 2.24) is 4.90 Å². The highest BCUT2D eigenvalue weighted by Crippen LogP contribution is 2.30. The molecular weight excluding hydrogens is 478 g/mol. The van der Waals surface area contributed by atoms with Crippen LogP contribution in [0.2, 0.25) is 0 Å². The van der Waals surface area contributed by atoms with Gasteiger partial charge in [0, 0.05) is 43.2 Å². The molecule has 4 rings (SSSR count). The first-order chi connectivity index (χ1) is 18.2. The van der Waals surface area contributed by atoms with Crippen molar-refractivity contribution >= 4 is 34.7 Å². The Morgan fingerprint density at radius 1 is 0.816 bits per heavy atom. The van der Waals surface area contributed by atoms with Crippen LogP contribution in [0.15, 0.2) is 54.6 Å². The number of ether oxygens (including phenoxy) is 1. The smallest absolute Gasteiger partial charge is 0.322 e. The third kappa shape index (κ3) is 6.56. The van der Waals surface area contributed by atoms with E-state index in [9.17, 15) is 9.59 Å². The fourth-order valence-electron chi connectivity index (χ4n) is 4.75. The van der Waals surface area contributed by atoms with E-state index >= 15 is 0 Å². The zero-order valence-electron chi connectivity index (χ0n) is 22.9. The minimum Gasteiger partial charge on any atom is -0.495 e. The molecule has 1 aliphatic rings. The van der Waals surface area contributed by atoms with Crippen LogP contribution >= 0.6 is 0 Å². The third-order valence-electron chi connectivity index (χ3n) is 6.80. The Morgan fingerprint density at radius 3 is 2.16 bits per heavy atom. The van der Waals surface area contributed by atoms with Crippen molar-refractivity contribution in [2.75, 3.05) is 60.7 Å². The minimum atomic E-state index is -0.123. The van der Waals surface area contributed by atoms with Gasteiger partial charge in [-0.25, -0.2) is 4.79 Å². The number of aryl methyl sites for hydroxylation is 4. The molecule has 3 amide bonds. The molecule has 8 nitrogen and oxygen atoms in total. The first kappa shape index (κ1) is 26.9. The Morgan fingerprint density at radius 2 is 1.50 bits per heavy atom. The summed E-state index contributed by atoms with van der Waals surface area (Å²) in [6.45, 7) is 10.9. The number of carbonyl (C=O) groups is 2. The highest BCUT2D eigenvalue weighted by atomic mass is 16.5. The standard InChI is InChI=1S/C30H37N5O3/c1-20-6-11-26(22(3)16-20)31-19-28(36)32-24-7-9-25(10-8-24)34-12-14-35(15-13-34)30(37)33-29-23(4)17-21(2)18-27(29)38-5/h6-11,16-18,31H,12-15,19H2,1-5H3,(H,32,36)(H,33,37). The molecule has 0 radical (unpaired) electrons. The normalized spacial score (nSPS) is 13.2. The van der Waals surface area contributed by atoms with E-state index in [0.29, 0.717) is 24.5 Å². The van der Waals surface area contributed by atoms with Gasteiger partial charge in [0.25, 0.3) is 0 Å². The quantitative estimate of drug-likeness (QED) is 0.396. The second kappa shape index (κ2) is 11.9. The summed E-state index contributed by atoms with van der Waals surface area (Å²) in [5.41, 5.74) is 7.86. The van der Waals surface area contributed by atoms with E-state index in [1.165, 1.54) is 5.56 Å². The fraction of sp³-hybridized carbons (Fsp3) is 0.333. The van der Waals surface area contributed by atoms with Gasteiger partial charge in [-0.3, -0.25) is 4.79 Å². The summed E-state index contributed by atoms with van der Waals surface area (Å²) in [6.07, 6.45) is 0. The van der Waals surface area contributed by atoms with Crippen LogP contribution in [0.3, 0.4) is 0 Å². The number of benzene rings is 3. The van der Waals surface area contributed by atoms with Crippen LogP contribution in [-0.4, -0.2) is 56.7 Å². The molecule has 0 unspecified atom stereocenters. The summed E-state index contributed by atoms with van der Waals surface area (Å²) < 4.78 is 5.47. The van der Waals surface area contributed by atoms with Gasteiger partial charge in [-0.2, -0.15) is 0 Å². The lowest BCUT2D eigenvalue weighted by Crippen LogP contribution is -2.50. The molecule has 200 valence electrons. The number of hydrogen-bond acceptors (Lipinski definition) is 5. The van der Waals surface area contributed by atoms with Crippen LogP contribution in [0, 0.1) is 27.7 Å². The van der Waals surface area contributed by atoms with Crippen LogP contribution in [-0.2, 0) is 4.79 Å². The summed E-state index contributed by atoms with van der Waals surface area (Å²) >= 11 is 0. The van der Waals surface area contributed by atoms with Gasteiger partial charge in [-0.1, -0.05) is 23.8 Å². The Hall–Kier alpha value is -4.20. The van der Waals surface area contributed by atoms with Gasteiger partial charge in [-0.05, 0) is 80.8 Å². The maximum Gasteiger partial charge on any atom is 0.322 e. The van der Waals surface area contributed by atoms with Crippen LogP contribution in [0.5, 0.6) is 5.75 Å². The van der Waals surface area contributed by atoms with Gasteiger partial charge in [0.15, 0.2) is 0 Å². The number of carbonyl (C=O) groups excluding carboxylic acids is 2. The van der Waals surface area contributed by atoms with E-state index in [-0.39, 0.29) is 18.5 Å². The molecule has 1 aliphatic heterocycles. The van der Waals surface area contributed by atoms with Crippen molar-refractivity contribution in [3.8, 4) is 5.75 Å². The molecular formula is C30H37N5O3. The molecule has 0 aromatic heterocycles. The summed E-state index contributed by atoms with van der Waals surface area (Å²) in [5, 5.41) is 9.17. The predicted octanol–water partition coefficient (Wildman–Crippen LogP) is 5.33. The average Bonchev–Trinajstić information content (AvgIpc) is 2.90. The topological polar surface area (TPSA) is 85.9 Å². The zero-order chi connectivity index (χ0) is 27.2. The maximum atomic E-state index is 12.9. The Kier molecular flexibility index (Phi) is 8.41. The van der Waals surface area contributed by atoms with E-state index in [4.69, 9.17) is 4.74 Å². The van der Waals surface area contributed by atoms with Crippen LogP contribution in [0.1, 0.15) is 22.3 Å². The number of methoxy groups -OCH3 is 1. The molecule has 0 spiro atoms. The molecule has 3 N–H and O–H groups in total. The molecule has 1 saturated heterocycles. The highest BCUT2D eigenvalue weighted by molar-refractivity contribution is 5.94. The van der Waals surface area contributed by atoms with E-state index in [1.807, 2.05) is 74.2 Å². The molecule has 8 heteroatoms. The van der Waals surface area contributed by atoms with Gasteiger partial charge < -0.3 is 30.5 Å². The van der Waals surface area contributed by atoms with E-state index < -0.39 is 0 Å². The SMILES string of the molecule is COc1cc(C)cc(C)c1NC(=O)N1CCN(c2ccc(NC(=O)CNc3ccc(C)cc3C)cc2)CC1. The summed E-state index contributed by atoms with van der Waals surface area (Å²) in [6, 6.07) is 17.8. The van der Waals surface area contributed by atoms with Crippen molar-refractivity contribution in [1.29, 1.82) is 0 Å². The van der Waals surface area contributed by atoms with E-state index in [2.05, 4.69) is 33.8 Å². The van der Waals surface area contributed by atoms with Crippen molar-refractivity contribution in [3.63, 3.8) is 0 Å². The van der Waals surface area contributed by atoms with E-state index in [0.717, 1.165) is 46.8 Å². The Labute approximate surface area is 225 Å². The molecule has 0 bridgehead atoms. The van der Waals surface area contributed by atoms with Crippen LogP contribution < -0.4 is 25.6 Å². The van der Waals surface area contributed by atoms with Crippen LogP contribution in [0.4, 0.5) is 27.5 Å². The highest BCUT2D eigenvalue weighted by Gasteiger charge is 2.23. The van der Waals surface area contributed by atoms with Crippen molar-refractivity contribution in [2.45, 2.75) is 27.7 Å². The molecule has 38 heavy (non-hydrogen) atoms. The second-order valence-electron chi connectivity index (χ2n) is 9.83. The largest absolute Gasteiger partial charge is 0.495 e. The van der Waals surface area contributed by atoms with Crippen molar-refractivity contribution < 1.29 is 14.3 Å². The van der Waals surface area contributed by atoms with Gasteiger partial charge in [0.05, 0.1) is 19.3 Å². The number of urea groups is 1. The molecule has 0 saturated carbocycles. The first-order valence-corrected chi connectivity index (χ1v) is 12.9. The van der Waals surface area contributed by atoms with Crippen LogP contribution in [0.25, 0.3) is 0 Å². The fourth-order valence-corrected chi connectivity index (χ4v) is 4.75. The lowest BCUT2D eigenvalue weighted by atomic mass is 10.1. The van der Waals surface area contributed by atoms with Gasteiger partial charge in [-0.15, -0.1) is 0 Å². The lowest BCUT2D eigenvalue weighted by Gasteiger charge is -2.36. The number of amides is 3. The van der Waals surface area contributed by atoms with Gasteiger partial charge in [0.1, 0.15) is 5.75 Å². The second-order valence-corrected chi connectivity index (χ2v) is 9.83. The molecule has 0 aliphatic carbocycles. The lowest BCUT2D eigenvalue weighted by molar-refractivity contribution is -0.114. The molecule has 1 heterocycles. The summed E-state index contributed by atoms with van der Waals surface area (Å²) in [5.74, 6) is 0.570. The Bertz CT molecular complexity index is 1300.